The molecule has 1 aliphatic carbocycles. The van der Waals surface area contributed by atoms with Crippen molar-refractivity contribution < 1.29 is 4.79 Å². The third kappa shape index (κ3) is 1.55. The molecule has 0 aromatic rings. The van der Waals surface area contributed by atoms with Gasteiger partial charge in [-0.1, -0.05) is 18.6 Å². The highest BCUT2D eigenvalue weighted by molar-refractivity contribution is 5.35. The third-order valence-electron chi connectivity index (χ3n) is 1.91. The summed E-state index contributed by atoms with van der Waals surface area (Å²) in [4.78, 5) is 13.5. The van der Waals surface area contributed by atoms with Gasteiger partial charge in [0.05, 0.1) is 6.04 Å². The molecule has 54 valence electrons. The number of carbonyl (C=O) groups excluding carboxylic acids is 1. The van der Waals surface area contributed by atoms with Gasteiger partial charge in [-0.2, -0.15) is 4.99 Å². The monoisotopic (exact) mass is 137 g/mol. The first-order valence-corrected chi connectivity index (χ1v) is 3.59. The van der Waals surface area contributed by atoms with Gasteiger partial charge < -0.3 is 0 Å². The molecule has 0 heterocycles. The second-order valence-corrected chi connectivity index (χ2v) is 2.64. The van der Waals surface area contributed by atoms with Crippen molar-refractivity contribution in [2.75, 3.05) is 0 Å². The zero-order valence-electron chi connectivity index (χ0n) is 5.97. The van der Waals surface area contributed by atoms with Crippen LogP contribution in [-0.4, -0.2) is 12.1 Å². The lowest BCUT2D eigenvalue weighted by atomic mass is 9.92. The quantitative estimate of drug-likeness (QED) is 0.308. The van der Waals surface area contributed by atoms with E-state index in [4.69, 9.17) is 0 Å². The molecule has 0 bridgehead atoms. The molecule has 1 saturated carbocycles. The first kappa shape index (κ1) is 7.23. The number of hydrogen-bond acceptors (Lipinski definition) is 2. The third-order valence-corrected chi connectivity index (χ3v) is 1.91. The minimum Gasteiger partial charge on any atom is -0.211 e. The summed E-state index contributed by atoms with van der Waals surface area (Å²) in [5.41, 5.74) is 1.09. The highest BCUT2D eigenvalue weighted by Crippen LogP contribution is 2.23. The van der Waals surface area contributed by atoms with Gasteiger partial charge >= 0.3 is 0 Å². The standard InChI is InChI=1S/C8H11NO/c1-7-4-2-3-5-8(7)9-6-10/h8H,1-5H2. The largest absolute Gasteiger partial charge is 0.235 e. The van der Waals surface area contributed by atoms with E-state index in [1.807, 2.05) is 0 Å². The summed E-state index contributed by atoms with van der Waals surface area (Å²) in [6, 6.07) is 0.0752. The van der Waals surface area contributed by atoms with Crippen LogP contribution in [-0.2, 0) is 4.79 Å². The molecule has 2 heteroatoms. The number of nitrogens with zero attached hydrogens (tertiary/aromatic N) is 1. The maximum Gasteiger partial charge on any atom is 0.235 e. The van der Waals surface area contributed by atoms with Gasteiger partial charge in [0.1, 0.15) is 0 Å². The highest BCUT2D eigenvalue weighted by Gasteiger charge is 2.15. The smallest absolute Gasteiger partial charge is 0.211 e. The van der Waals surface area contributed by atoms with Crippen LogP contribution in [0.2, 0.25) is 0 Å². The average Bonchev–Trinajstić information content (AvgIpc) is 1.94. The van der Waals surface area contributed by atoms with Crippen molar-refractivity contribution in [3.8, 4) is 0 Å². The van der Waals surface area contributed by atoms with E-state index in [0.29, 0.717) is 0 Å². The van der Waals surface area contributed by atoms with E-state index in [9.17, 15) is 4.79 Å². The van der Waals surface area contributed by atoms with Crippen LogP contribution in [0.5, 0.6) is 0 Å². The molecule has 0 saturated heterocycles. The van der Waals surface area contributed by atoms with E-state index in [-0.39, 0.29) is 6.04 Å². The minimum atomic E-state index is 0.0752. The first-order valence-electron chi connectivity index (χ1n) is 3.59. The van der Waals surface area contributed by atoms with Crippen molar-refractivity contribution in [3.05, 3.63) is 12.2 Å². The summed E-state index contributed by atoms with van der Waals surface area (Å²) in [6.07, 6.45) is 5.95. The fourth-order valence-corrected chi connectivity index (χ4v) is 1.28. The van der Waals surface area contributed by atoms with Crippen LogP contribution in [0.4, 0.5) is 0 Å². The summed E-state index contributed by atoms with van der Waals surface area (Å²) < 4.78 is 0. The molecule has 0 N–H and O–H groups in total. The summed E-state index contributed by atoms with van der Waals surface area (Å²) in [7, 11) is 0. The maximum atomic E-state index is 9.89. The Balaban J connectivity index is 2.55. The van der Waals surface area contributed by atoms with Crippen molar-refractivity contribution in [1.82, 2.24) is 0 Å². The molecule has 1 atom stereocenters. The van der Waals surface area contributed by atoms with Gasteiger partial charge in [0.15, 0.2) is 0 Å². The lowest BCUT2D eigenvalue weighted by molar-refractivity contribution is 0.524. The second-order valence-electron chi connectivity index (χ2n) is 2.64. The van der Waals surface area contributed by atoms with E-state index in [1.54, 1.807) is 6.08 Å². The number of rotatable bonds is 1. The van der Waals surface area contributed by atoms with Crippen molar-refractivity contribution in [2.45, 2.75) is 31.7 Å². The number of aliphatic imine (C=N–C) groups is 1. The average molecular weight is 137 g/mol. The fraction of sp³-hybridized carbons (Fsp3) is 0.625. The molecule has 1 aliphatic rings. The van der Waals surface area contributed by atoms with Gasteiger partial charge in [0.25, 0.3) is 0 Å². The normalized spacial score (nSPS) is 25.6. The molecule has 0 amide bonds. The van der Waals surface area contributed by atoms with E-state index < -0.39 is 0 Å². The van der Waals surface area contributed by atoms with Crippen LogP contribution in [0.15, 0.2) is 17.1 Å². The molecule has 0 aromatic carbocycles. The number of isocyanates is 1. The van der Waals surface area contributed by atoms with Gasteiger partial charge in [-0.15, -0.1) is 0 Å². The summed E-state index contributed by atoms with van der Waals surface area (Å²) >= 11 is 0. The number of hydrogen-bond donors (Lipinski definition) is 0. The molecule has 0 aliphatic heterocycles. The molecule has 2 nitrogen and oxygen atoms in total. The van der Waals surface area contributed by atoms with Crippen molar-refractivity contribution in [1.29, 1.82) is 0 Å². The van der Waals surface area contributed by atoms with Crippen LogP contribution in [0.25, 0.3) is 0 Å². The molecule has 1 rings (SSSR count). The van der Waals surface area contributed by atoms with Gasteiger partial charge in [0.2, 0.25) is 6.08 Å². The topological polar surface area (TPSA) is 29.4 Å². The van der Waals surface area contributed by atoms with E-state index in [2.05, 4.69) is 11.6 Å². The summed E-state index contributed by atoms with van der Waals surface area (Å²) in [5.74, 6) is 0. The lowest BCUT2D eigenvalue weighted by Gasteiger charge is -2.18. The van der Waals surface area contributed by atoms with Crippen LogP contribution in [0.3, 0.4) is 0 Å². The first-order chi connectivity index (χ1) is 4.84. The molecular weight excluding hydrogens is 126 g/mol. The van der Waals surface area contributed by atoms with Gasteiger partial charge in [-0.25, -0.2) is 4.79 Å². The van der Waals surface area contributed by atoms with Crippen molar-refractivity contribution in [2.24, 2.45) is 4.99 Å². The van der Waals surface area contributed by atoms with Gasteiger partial charge in [0, 0.05) is 0 Å². The minimum absolute atomic E-state index is 0.0752. The Hall–Kier alpha value is -0.880. The van der Waals surface area contributed by atoms with Crippen LogP contribution < -0.4 is 0 Å². The Kier molecular flexibility index (Phi) is 2.41. The van der Waals surface area contributed by atoms with Gasteiger partial charge in [-0.05, 0) is 19.3 Å². The van der Waals surface area contributed by atoms with Crippen LogP contribution >= 0.6 is 0 Å². The van der Waals surface area contributed by atoms with Crippen molar-refractivity contribution in [3.63, 3.8) is 0 Å². The zero-order chi connectivity index (χ0) is 7.40. The highest BCUT2D eigenvalue weighted by atomic mass is 16.1. The SMILES string of the molecule is C=C1CCCCC1N=C=O. The van der Waals surface area contributed by atoms with E-state index >= 15 is 0 Å². The predicted octanol–water partition coefficient (Wildman–Crippen LogP) is 1.82. The Morgan fingerprint density at radius 2 is 2.40 bits per heavy atom. The molecule has 10 heavy (non-hydrogen) atoms. The van der Waals surface area contributed by atoms with Crippen LogP contribution in [0, 0.1) is 0 Å². The van der Waals surface area contributed by atoms with E-state index in [0.717, 1.165) is 24.8 Å². The van der Waals surface area contributed by atoms with Crippen LogP contribution in [0.1, 0.15) is 25.7 Å². The zero-order valence-corrected chi connectivity index (χ0v) is 5.97. The van der Waals surface area contributed by atoms with Gasteiger partial charge in [-0.3, -0.25) is 0 Å². The predicted molar refractivity (Wildman–Crippen MR) is 39.5 cm³/mol. The summed E-state index contributed by atoms with van der Waals surface area (Å²) in [5, 5.41) is 0. The Labute approximate surface area is 60.7 Å². The molecule has 0 aromatic heterocycles. The molecule has 1 fully saturated rings. The Morgan fingerprint density at radius 3 is 3.00 bits per heavy atom. The molecular formula is C8H11NO. The molecule has 1 unspecified atom stereocenters. The fourth-order valence-electron chi connectivity index (χ4n) is 1.28. The van der Waals surface area contributed by atoms with E-state index in [1.165, 1.54) is 6.42 Å². The summed E-state index contributed by atoms with van der Waals surface area (Å²) in [6.45, 7) is 3.84. The molecule has 0 spiro atoms. The Bertz CT molecular complexity index is 180. The Morgan fingerprint density at radius 1 is 1.60 bits per heavy atom. The lowest BCUT2D eigenvalue weighted by Crippen LogP contribution is -2.11. The molecule has 0 radical (unpaired) electrons. The maximum absolute atomic E-state index is 9.89. The second kappa shape index (κ2) is 3.33. The van der Waals surface area contributed by atoms with Crippen molar-refractivity contribution >= 4 is 6.08 Å².